The number of methoxy groups -OCH3 is 1. The highest BCUT2D eigenvalue weighted by Crippen LogP contribution is 2.19. The van der Waals surface area contributed by atoms with Gasteiger partial charge in [0.1, 0.15) is 5.82 Å². The number of aromatic nitrogens is 2. The van der Waals surface area contributed by atoms with Gasteiger partial charge in [-0.1, -0.05) is 0 Å². The van der Waals surface area contributed by atoms with E-state index in [1.165, 1.54) is 0 Å². The summed E-state index contributed by atoms with van der Waals surface area (Å²) in [5, 5.41) is 0.298. The molecule has 1 aromatic rings. The summed E-state index contributed by atoms with van der Waals surface area (Å²) in [7, 11) is 1.75. The molecule has 1 fully saturated rings. The SMILES string of the molecule is CO[C@H]1CCCN(c2ccnc(Cl)n2)C1. The van der Waals surface area contributed by atoms with E-state index >= 15 is 0 Å². The minimum Gasteiger partial charge on any atom is -0.380 e. The molecule has 4 nitrogen and oxygen atoms in total. The maximum atomic E-state index is 5.75. The lowest BCUT2D eigenvalue weighted by Crippen LogP contribution is -2.39. The zero-order valence-electron chi connectivity index (χ0n) is 8.69. The minimum absolute atomic E-state index is 0.298. The Kier molecular flexibility index (Phi) is 3.38. The molecule has 0 aliphatic carbocycles. The first kappa shape index (κ1) is 10.6. The van der Waals surface area contributed by atoms with E-state index < -0.39 is 0 Å². The largest absolute Gasteiger partial charge is 0.380 e. The van der Waals surface area contributed by atoms with Crippen molar-refractivity contribution in [1.29, 1.82) is 0 Å². The van der Waals surface area contributed by atoms with Crippen LogP contribution in [0.15, 0.2) is 12.3 Å². The topological polar surface area (TPSA) is 38.2 Å². The first-order valence-corrected chi connectivity index (χ1v) is 5.43. The second kappa shape index (κ2) is 4.77. The fourth-order valence-corrected chi connectivity index (χ4v) is 1.98. The molecule has 2 heterocycles. The second-order valence-corrected chi connectivity index (χ2v) is 3.97. The molecule has 0 radical (unpaired) electrons. The van der Waals surface area contributed by atoms with Gasteiger partial charge in [0.05, 0.1) is 6.10 Å². The molecule has 0 aromatic carbocycles. The standard InChI is InChI=1S/C10H14ClN3O/c1-15-8-3-2-6-14(7-8)9-4-5-12-10(11)13-9/h4-5,8H,2-3,6-7H2,1H3/t8-/m0/s1. The predicted octanol–water partition coefficient (Wildman–Crippen LogP) is 1.75. The number of nitrogens with zero attached hydrogens (tertiary/aromatic N) is 3. The van der Waals surface area contributed by atoms with Crippen LogP contribution in [0, 0.1) is 0 Å². The summed E-state index contributed by atoms with van der Waals surface area (Å²) < 4.78 is 5.36. The van der Waals surface area contributed by atoms with Crippen molar-refractivity contribution in [1.82, 2.24) is 9.97 Å². The highest BCUT2D eigenvalue weighted by molar-refractivity contribution is 6.28. The van der Waals surface area contributed by atoms with Gasteiger partial charge in [-0.25, -0.2) is 9.97 Å². The molecule has 0 saturated carbocycles. The van der Waals surface area contributed by atoms with Crippen molar-refractivity contribution in [3.05, 3.63) is 17.5 Å². The van der Waals surface area contributed by atoms with Gasteiger partial charge in [0.15, 0.2) is 0 Å². The molecule has 82 valence electrons. The molecular weight excluding hydrogens is 214 g/mol. The molecule has 0 bridgehead atoms. The lowest BCUT2D eigenvalue weighted by atomic mass is 10.1. The van der Waals surface area contributed by atoms with Crippen molar-refractivity contribution >= 4 is 17.4 Å². The van der Waals surface area contributed by atoms with Crippen molar-refractivity contribution < 1.29 is 4.74 Å². The zero-order chi connectivity index (χ0) is 10.7. The first-order chi connectivity index (χ1) is 7.29. The van der Waals surface area contributed by atoms with Gasteiger partial charge in [-0.05, 0) is 30.5 Å². The molecule has 1 aliphatic rings. The van der Waals surface area contributed by atoms with E-state index in [1.807, 2.05) is 6.07 Å². The van der Waals surface area contributed by atoms with E-state index in [-0.39, 0.29) is 0 Å². The summed E-state index contributed by atoms with van der Waals surface area (Å²) in [6.45, 7) is 1.89. The van der Waals surface area contributed by atoms with E-state index in [1.54, 1.807) is 13.3 Å². The van der Waals surface area contributed by atoms with Crippen LogP contribution in [0.5, 0.6) is 0 Å². The van der Waals surface area contributed by atoms with E-state index in [0.717, 1.165) is 31.7 Å². The molecule has 0 amide bonds. The van der Waals surface area contributed by atoms with Crippen molar-refractivity contribution in [3.8, 4) is 0 Å². The Morgan fingerprint density at radius 3 is 3.20 bits per heavy atom. The minimum atomic E-state index is 0.298. The smallest absolute Gasteiger partial charge is 0.224 e. The van der Waals surface area contributed by atoms with Gasteiger partial charge in [0, 0.05) is 26.4 Å². The number of rotatable bonds is 2. The molecular formula is C10H14ClN3O. The third-order valence-electron chi connectivity index (χ3n) is 2.65. The maximum absolute atomic E-state index is 5.75. The Morgan fingerprint density at radius 2 is 2.47 bits per heavy atom. The van der Waals surface area contributed by atoms with E-state index in [0.29, 0.717) is 11.4 Å². The number of anilines is 1. The number of hydrogen-bond acceptors (Lipinski definition) is 4. The third kappa shape index (κ3) is 2.58. The van der Waals surface area contributed by atoms with Gasteiger partial charge in [-0.15, -0.1) is 0 Å². The average molecular weight is 228 g/mol. The first-order valence-electron chi connectivity index (χ1n) is 5.06. The summed E-state index contributed by atoms with van der Waals surface area (Å²) in [6, 6.07) is 1.88. The summed E-state index contributed by atoms with van der Waals surface area (Å²) >= 11 is 5.75. The molecule has 0 N–H and O–H groups in total. The highest BCUT2D eigenvalue weighted by atomic mass is 35.5. The Labute approximate surface area is 94.2 Å². The number of ether oxygens (including phenoxy) is 1. The Hall–Kier alpha value is -0.870. The van der Waals surface area contributed by atoms with Crippen LogP contribution in [0.1, 0.15) is 12.8 Å². The number of hydrogen-bond donors (Lipinski definition) is 0. The molecule has 5 heteroatoms. The van der Waals surface area contributed by atoms with Crippen molar-refractivity contribution in [2.45, 2.75) is 18.9 Å². The summed E-state index contributed by atoms with van der Waals surface area (Å²) in [5.41, 5.74) is 0. The number of piperidine rings is 1. The Morgan fingerprint density at radius 1 is 1.60 bits per heavy atom. The fourth-order valence-electron chi connectivity index (χ4n) is 1.84. The molecule has 1 aliphatic heterocycles. The van der Waals surface area contributed by atoms with Crippen LogP contribution in [0.25, 0.3) is 0 Å². The molecule has 1 aromatic heterocycles. The van der Waals surface area contributed by atoms with Crippen LogP contribution < -0.4 is 4.90 Å². The molecule has 2 rings (SSSR count). The summed E-state index contributed by atoms with van der Waals surface area (Å²) in [4.78, 5) is 10.2. The van der Waals surface area contributed by atoms with Crippen LogP contribution in [0.4, 0.5) is 5.82 Å². The molecule has 1 saturated heterocycles. The monoisotopic (exact) mass is 227 g/mol. The van der Waals surface area contributed by atoms with E-state index in [2.05, 4.69) is 14.9 Å². The average Bonchev–Trinajstić information content (AvgIpc) is 2.29. The van der Waals surface area contributed by atoms with Crippen LogP contribution in [-0.2, 0) is 4.74 Å². The van der Waals surface area contributed by atoms with Crippen molar-refractivity contribution in [3.63, 3.8) is 0 Å². The molecule has 0 unspecified atom stereocenters. The van der Waals surface area contributed by atoms with Gasteiger partial charge in [0.2, 0.25) is 5.28 Å². The normalized spacial score (nSPS) is 21.7. The van der Waals surface area contributed by atoms with Crippen LogP contribution in [0.3, 0.4) is 0 Å². The third-order valence-corrected chi connectivity index (χ3v) is 2.83. The maximum Gasteiger partial charge on any atom is 0.224 e. The van der Waals surface area contributed by atoms with Crippen LogP contribution in [0.2, 0.25) is 5.28 Å². The van der Waals surface area contributed by atoms with Crippen molar-refractivity contribution in [2.24, 2.45) is 0 Å². The van der Waals surface area contributed by atoms with E-state index in [4.69, 9.17) is 16.3 Å². The fraction of sp³-hybridized carbons (Fsp3) is 0.600. The Balaban J connectivity index is 2.09. The summed E-state index contributed by atoms with van der Waals surface area (Å²) in [5.74, 6) is 0.886. The van der Waals surface area contributed by atoms with Crippen molar-refractivity contribution in [2.75, 3.05) is 25.1 Å². The second-order valence-electron chi connectivity index (χ2n) is 3.63. The number of halogens is 1. The van der Waals surface area contributed by atoms with Crippen LogP contribution in [-0.4, -0.2) is 36.3 Å². The van der Waals surface area contributed by atoms with Gasteiger partial charge >= 0.3 is 0 Å². The highest BCUT2D eigenvalue weighted by Gasteiger charge is 2.20. The van der Waals surface area contributed by atoms with Gasteiger partial charge < -0.3 is 9.64 Å². The Bertz CT molecular complexity index is 334. The quantitative estimate of drug-likeness (QED) is 0.722. The molecule has 1 atom stereocenters. The van der Waals surface area contributed by atoms with E-state index in [9.17, 15) is 0 Å². The van der Waals surface area contributed by atoms with Gasteiger partial charge in [-0.3, -0.25) is 0 Å². The van der Waals surface area contributed by atoms with Gasteiger partial charge in [0.25, 0.3) is 0 Å². The zero-order valence-corrected chi connectivity index (χ0v) is 9.44. The lowest BCUT2D eigenvalue weighted by Gasteiger charge is -2.32. The lowest BCUT2D eigenvalue weighted by molar-refractivity contribution is 0.0891. The predicted molar refractivity (Wildman–Crippen MR) is 59.3 cm³/mol. The molecule has 15 heavy (non-hydrogen) atoms. The van der Waals surface area contributed by atoms with Crippen LogP contribution >= 0.6 is 11.6 Å². The van der Waals surface area contributed by atoms with Gasteiger partial charge in [-0.2, -0.15) is 0 Å². The summed E-state index contributed by atoms with van der Waals surface area (Å²) in [6.07, 6.45) is 4.22. The molecule has 0 spiro atoms.